The second-order valence-electron chi connectivity index (χ2n) is 3.30. The van der Waals surface area contributed by atoms with E-state index < -0.39 is 0 Å². The number of hydrogen-bond acceptors (Lipinski definition) is 2. The van der Waals surface area contributed by atoms with E-state index in [2.05, 4.69) is 0 Å². The van der Waals surface area contributed by atoms with Crippen LogP contribution >= 0.6 is 0 Å². The van der Waals surface area contributed by atoms with Crippen molar-refractivity contribution in [1.82, 2.24) is 0 Å². The fraction of sp³-hybridized carbons (Fsp3) is 0.364. The lowest BCUT2D eigenvalue weighted by Gasteiger charge is -2.05. The Morgan fingerprint density at radius 1 is 1.38 bits per heavy atom. The van der Waals surface area contributed by atoms with E-state index >= 15 is 0 Å². The number of fused-ring (bicyclic) bond motifs is 1. The molecule has 0 saturated heterocycles. The van der Waals surface area contributed by atoms with E-state index in [1.54, 1.807) is 7.11 Å². The second-order valence-corrected chi connectivity index (χ2v) is 3.30. The predicted molar refractivity (Wildman–Crippen MR) is 49.8 cm³/mol. The molecule has 0 amide bonds. The van der Waals surface area contributed by atoms with Gasteiger partial charge in [0.1, 0.15) is 0 Å². The van der Waals surface area contributed by atoms with Gasteiger partial charge in [0.25, 0.3) is 0 Å². The van der Waals surface area contributed by atoms with E-state index in [1.165, 1.54) is 5.56 Å². The third-order valence-corrected chi connectivity index (χ3v) is 2.48. The molecule has 0 heterocycles. The normalized spacial score (nSPS) is 14.7. The van der Waals surface area contributed by atoms with Gasteiger partial charge in [-0.3, -0.25) is 4.79 Å². The highest BCUT2D eigenvalue weighted by Gasteiger charge is 2.21. The van der Waals surface area contributed by atoms with Crippen molar-refractivity contribution in [3.8, 4) is 0 Å². The highest BCUT2D eigenvalue weighted by molar-refractivity contribution is 6.00. The number of Topliss-reactive ketones (excluding diaryl/α,β-unsaturated/α-hetero) is 1. The van der Waals surface area contributed by atoms with Gasteiger partial charge in [-0.15, -0.1) is 0 Å². The van der Waals surface area contributed by atoms with Crippen molar-refractivity contribution in [1.29, 1.82) is 0 Å². The summed E-state index contributed by atoms with van der Waals surface area (Å²) in [5.41, 5.74) is 3.25. The number of hydrogen-bond donors (Lipinski definition) is 0. The van der Waals surface area contributed by atoms with E-state index in [0.29, 0.717) is 13.0 Å². The van der Waals surface area contributed by atoms with Gasteiger partial charge in [0, 0.05) is 19.1 Å². The Kier molecular flexibility index (Phi) is 2.15. The van der Waals surface area contributed by atoms with Crippen LogP contribution in [0.4, 0.5) is 0 Å². The minimum atomic E-state index is 0.271. The molecule has 0 unspecified atom stereocenters. The molecule has 0 bridgehead atoms. The molecule has 0 spiro atoms. The van der Waals surface area contributed by atoms with Crippen molar-refractivity contribution in [2.45, 2.75) is 19.4 Å². The Bertz CT molecular complexity index is 342. The first kappa shape index (κ1) is 8.45. The average molecular weight is 176 g/mol. The molecule has 1 aliphatic rings. The van der Waals surface area contributed by atoms with Crippen LogP contribution < -0.4 is 0 Å². The zero-order chi connectivity index (χ0) is 9.26. The first-order valence-corrected chi connectivity index (χ1v) is 4.46. The summed E-state index contributed by atoms with van der Waals surface area (Å²) < 4.78 is 5.08. The molecule has 0 aliphatic heterocycles. The van der Waals surface area contributed by atoms with Crippen molar-refractivity contribution in [3.05, 3.63) is 34.9 Å². The first-order chi connectivity index (χ1) is 6.33. The number of benzene rings is 1. The van der Waals surface area contributed by atoms with Gasteiger partial charge >= 0.3 is 0 Å². The van der Waals surface area contributed by atoms with Gasteiger partial charge in [0.15, 0.2) is 5.78 Å². The first-order valence-electron chi connectivity index (χ1n) is 4.46. The summed E-state index contributed by atoms with van der Waals surface area (Å²) in [7, 11) is 1.68. The maximum Gasteiger partial charge on any atom is 0.163 e. The molecule has 0 saturated carbocycles. The Balaban J connectivity index is 2.44. The minimum Gasteiger partial charge on any atom is -0.380 e. The second kappa shape index (κ2) is 3.30. The Morgan fingerprint density at radius 3 is 3.00 bits per heavy atom. The van der Waals surface area contributed by atoms with Crippen LogP contribution in [0.3, 0.4) is 0 Å². The molecule has 0 fully saturated rings. The summed E-state index contributed by atoms with van der Waals surface area (Å²) in [4.78, 5) is 11.4. The van der Waals surface area contributed by atoms with Crippen LogP contribution in [0.1, 0.15) is 27.9 Å². The van der Waals surface area contributed by atoms with Crippen LogP contribution in [0.25, 0.3) is 0 Å². The van der Waals surface area contributed by atoms with E-state index in [0.717, 1.165) is 17.5 Å². The Morgan fingerprint density at radius 2 is 2.23 bits per heavy atom. The predicted octanol–water partition coefficient (Wildman–Crippen LogP) is 1.96. The van der Waals surface area contributed by atoms with Crippen LogP contribution in [0.5, 0.6) is 0 Å². The van der Waals surface area contributed by atoms with Crippen LogP contribution in [-0.4, -0.2) is 12.9 Å². The van der Waals surface area contributed by atoms with Crippen molar-refractivity contribution in [2.75, 3.05) is 7.11 Å². The largest absolute Gasteiger partial charge is 0.380 e. The fourth-order valence-electron chi connectivity index (χ4n) is 1.86. The Labute approximate surface area is 77.5 Å². The lowest BCUT2D eigenvalue weighted by molar-refractivity contribution is 0.0994. The topological polar surface area (TPSA) is 26.3 Å². The lowest BCUT2D eigenvalue weighted by Crippen LogP contribution is -1.96. The maximum absolute atomic E-state index is 11.4. The monoisotopic (exact) mass is 176 g/mol. The zero-order valence-electron chi connectivity index (χ0n) is 7.67. The molecule has 1 aliphatic carbocycles. The van der Waals surface area contributed by atoms with Gasteiger partial charge in [-0.1, -0.05) is 18.2 Å². The highest BCUT2D eigenvalue weighted by atomic mass is 16.5. The van der Waals surface area contributed by atoms with Crippen molar-refractivity contribution in [2.24, 2.45) is 0 Å². The van der Waals surface area contributed by atoms with Gasteiger partial charge in [-0.25, -0.2) is 0 Å². The summed E-state index contributed by atoms with van der Waals surface area (Å²) in [6, 6.07) is 5.86. The number of ketones is 1. The van der Waals surface area contributed by atoms with Gasteiger partial charge < -0.3 is 4.74 Å². The molecule has 0 N–H and O–H groups in total. The quantitative estimate of drug-likeness (QED) is 0.688. The fourth-order valence-corrected chi connectivity index (χ4v) is 1.86. The van der Waals surface area contributed by atoms with E-state index in [4.69, 9.17) is 4.74 Å². The standard InChI is InChI=1S/C11H12O2/c1-13-7-8-3-2-4-10-9(8)5-6-11(10)12/h2-4H,5-7H2,1H3. The number of methoxy groups -OCH3 is 1. The number of carbonyl (C=O) groups excluding carboxylic acids is 1. The SMILES string of the molecule is COCc1cccc2c1CCC2=O. The third kappa shape index (κ3) is 1.38. The van der Waals surface area contributed by atoms with Crippen molar-refractivity contribution in [3.63, 3.8) is 0 Å². The summed E-state index contributed by atoms with van der Waals surface area (Å²) in [6.07, 6.45) is 1.55. The van der Waals surface area contributed by atoms with E-state index in [9.17, 15) is 4.79 Å². The molecule has 1 aromatic rings. The summed E-state index contributed by atoms with van der Waals surface area (Å²) >= 11 is 0. The molecule has 2 nitrogen and oxygen atoms in total. The van der Waals surface area contributed by atoms with Crippen LogP contribution in [0, 0.1) is 0 Å². The van der Waals surface area contributed by atoms with E-state index in [-0.39, 0.29) is 5.78 Å². The van der Waals surface area contributed by atoms with Crippen LogP contribution in [-0.2, 0) is 17.8 Å². The van der Waals surface area contributed by atoms with Gasteiger partial charge in [0.05, 0.1) is 6.61 Å². The smallest absolute Gasteiger partial charge is 0.163 e. The molecule has 13 heavy (non-hydrogen) atoms. The molecular weight excluding hydrogens is 164 g/mol. The highest BCUT2D eigenvalue weighted by Crippen LogP contribution is 2.25. The average Bonchev–Trinajstić information content (AvgIpc) is 2.50. The van der Waals surface area contributed by atoms with Crippen LogP contribution in [0.15, 0.2) is 18.2 Å². The van der Waals surface area contributed by atoms with Crippen molar-refractivity contribution >= 4 is 5.78 Å². The van der Waals surface area contributed by atoms with E-state index in [1.807, 2.05) is 18.2 Å². The summed E-state index contributed by atoms with van der Waals surface area (Å²) in [5, 5.41) is 0. The molecule has 68 valence electrons. The van der Waals surface area contributed by atoms with Crippen molar-refractivity contribution < 1.29 is 9.53 Å². The van der Waals surface area contributed by atoms with Gasteiger partial charge in [-0.05, 0) is 17.5 Å². The lowest BCUT2D eigenvalue weighted by atomic mass is 10.0. The molecule has 0 radical (unpaired) electrons. The number of rotatable bonds is 2. The molecule has 0 aromatic heterocycles. The third-order valence-electron chi connectivity index (χ3n) is 2.48. The molecule has 2 rings (SSSR count). The zero-order valence-corrected chi connectivity index (χ0v) is 7.67. The number of ether oxygens (including phenoxy) is 1. The molecule has 0 atom stereocenters. The van der Waals surface area contributed by atoms with Gasteiger partial charge in [0.2, 0.25) is 0 Å². The number of carbonyl (C=O) groups is 1. The van der Waals surface area contributed by atoms with Gasteiger partial charge in [-0.2, -0.15) is 0 Å². The molecule has 2 heteroatoms. The summed E-state index contributed by atoms with van der Waals surface area (Å²) in [5.74, 6) is 0.271. The molecule has 1 aromatic carbocycles. The molecular formula is C11H12O2. The summed E-state index contributed by atoms with van der Waals surface area (Å²) in [6.45, 7) is 0.608. The minimum absolute atomic E-state index is 0.271. The van der Waals surface area contributed by atoms with Crippen LogP contribution in [0.2, 0.25) is 0 Å². The maximum atomic E-state index is 11.4. The Hall–Kier alpha value is -1.15.